The Hall–Kier alpha value is -1.79. The second-order valence-corrected chi connectivity index (χ2v) is 5.41. The van der Waals surface area contributed by atoms with E-state index in [1.807, 2.05) is 13.0 Å². The SMILES string of the molecule is COc1cc(Cl)c(C)cc1Nc1nc(CC(=O)O)cs1. The average molecular weight is 313 g/mol. The number of aliphatic carboxylic acids is 1. The van der Waals surface area contributed by atoms with Crippen molar-refractivity contribution in [1.82, 2.24) is 4.98 Å². The minimum Gasteiger partial charge on any atom is -0.495 e. The predicted octanol–water partition coefficient (Wildman–Crippen LogP) is 3.48. The van der Waals surface area contributed by atoms with Crippen LogP contribution in [0, 0.1) is 6.92 Å². The molecule has 1 aromatic carbocycles. The lowest BCUT2D eigenvalue weighted by molar-refractivity contribution is -0.136. The van der Waals surface area contributed by atoms with Crippen LogP contribution in [0.25, 0.3) is 0 Å². The molecule has 0 radical (unpaired) electrons. The number of rotatable bonds is 5. The van der Waals surface area contributed by atoms with Crippen molar-refractivity contribution in [3.8, 4) is 5.75 Å². The summed E-state index contributed by atoms with van der Waals surface area (Å²) in [6.45, 7) is 1.89. The quantitative estimate of drug-likeness (QED) is 0.884. The maximum Gasteiger partial charge on any atom is 0.309 e. The van der Waals surface area contributed by atoms with Gasteiger partial charge in [-0.2, -0.15) is 0 Å². The lowest BCUT2D eigenvalue weighted by Gasteiger charge is -2.11. The summed E-state index contributed by atoms with van der Waals surface area (Å²) >= 11 is 7.38. The van der Waals surface area contributed by atoms with Gasteiger partial charge in [0.25, 0.3) is 0 Å². The Morgan fingerprint density at radius 2 is 2.30 bits per heavy atom. The number of carboxylic acids is 1. The van der Waals surface area contributed by atoms with Crippen molar-refractivity contribution in [2.75, 3.05) is 12.4 Å². The first-order chi connectivity index (χ1) is 9.49. The highest BCUT2D eigenvalue weighted by atomic mass is 35.5. The van der Waals surface area contributed by atoms with Gasteiger partial charge in [-0.1, -0.05) is 11.6 Å². The fraction of sp³-hybridized carbons (Fsp3) is 0.231. The molecule has 0 fully saturated rings. The molecule has 0 saturated heterocycles. The van der Waals surface area contributed by atoms with E-state index >= 15 is 0 Å². The number of anilines is 2. The first-order valence-electron chi connectivity index (χ1n) is 5.77. The van der Waals surface area contributed by atoms with Gasteiger partial charge in [0, 0.05) is 16.5 Å². The van der Waals surface area contributed by atoms with E-state index < -0.39 is 5.97 Å². The normalized spacial score (nSPS) is 10.3. The Labute approximate surface area is 125 Å². The predicted molar refractivity (Wildman–Crippen MR) is 79.5 cm³/mol. The van der Waals surface area contributed by atoms with Gasteiger partial charge < -0.3 is 15.2 Å². The number of hydrogen-bond acceptors (Lipinski definition) is 5. The Morgan fingerprint density at radius 3 is 2.95 bits per heavy atom. The van der Waals surface area contributed by atoms with Gasteiger partial charge in [-0.25, -0.2) is 4.98 Å². The van der Waals surface area contributed by atoms with Gasteiger partial charge in [-0.05, 0) is 18.6 Å². The molecule has 106 valence electrons. The van der Waals surface area contributed by atoms with Crippen molar-refractivity contribution in [2.45, 2.75) is 13.3 Å². The fourth-order valence-electron chi connectivity index (χ4n) is 1.65. The molecule has 2 aromatic rings. The van der Waals surface area contributed by atoms with E-state index in [4.69, 9.17) is 21.4 Å². The molecular weight excluding hydrogens is 300 g/mol. The number of carbonyl (C=O) groups is 1. The lowest BCUT2D eigenvalue weighted by atomic mass is 10.2. The lowest BCUT2D eigenvalue weighted by Crippen LogP contribution is -2.00. The molecule has 0 bridgehead atoms. The van der Waals surface area contributed by atoms with E-state index in [0.717, 1.165) is 11.3 Å². The monoisotopic (exact) mass is 312 g/mol. The van der Waals surface area contributed by atoms with Crippen LogP contribution in [-0.4, -0.2) is 23.2 Å². The Balaban J connectivity index is 2.23. The van der Waals surface area contributed by atoms with Crippen LogP contribution in [0.15, 0.2) is 17.5 Å². The molecule has 20 heavy (non-hydrogen) atoms. The zero-order chi connectivity index (χ0) is 14.7. The van der Waals surface area contributed by atoms with Crippen LogP contribution in [0.5, 0.6) is 5.75 Å². The first-order valence-corrected chi connectivity index (χ1v) is 7.02. The summed E-state index contributed by atoms with van der Waals surface area (Å²) in [6, 6.07) is 3.59. The van der Waals surface area contributed by atoms with Crippen molar-refractivity contribution in [1.29, 1.82) is 0 Å². The third kappa shape index (κ3) is 3.40. The second kappa shape index (κ2) is 6.11. The molecule has 5 nitrogen and oxygen atoms in total. The summed E-state index contributed by atoms with van der Waals surface area (Å²) in [6.07, 6.45) is -0.0883. The summed E-state index contributed by atoms with van der Waals surface area (Å²) in [5.41, 5.74) is 2.18. The molecule has 0 amide bonds. The smallest absolute Gasteiger partial charge is 0.309 e. The van der Waals surface area contributed by atoms with Crippen LogP contribution >= 0.6 is 22.9 Å². The van der Waals surface area contributed by atoms with Gasteiger partial charge in [0.1, 0.15) is 5.75 Å². The van der Waals surface area contributed by atoms with Crippen LogP contribution in [0.2, 0.25) is 5.02 Å². The molecule has 0 aliphatic heterocycles. The van der Waals surface area contributed by atoms with Gasteiger partial charge in [-0.15, -0.1) is 11.3 Å². The Bertz CT molecular complexity index is 643. The number of benzene rings is 1. The number of aryl methyl sites for hydroxylation is 1. The third-order valence-electron chi connectivity index (χ3n) is 2.61. The van der Waals surface area contributed by atoms with Gasteiger partial charge in [0.15, 0.2) is 5.13 Å². The van der Waals surface area contributed by atoms with E-state index in [-0.39, 0.29) is 6.42 Å². The minimum absolute atomic E-state index is 0.0883. The number of methoxy groups -OCH3 is 1. The molecule has 0 aliphatic carbocycles. The first kappa shape index (κ1) is 14.6. The van der Waals surface area contributed by atoms with Crippen molar-refractivity contribution >= 4 is 39.7 Å². The molecule has 2 rings (SSSR count). The maximum absolute atomic E-state index is 10.6. The van der Waals surface area contributed by atoms with Gasteiger partial charge in [0.05, 0.1) is 24.9 Å². The molecule has 0 unspecified atom stereocenters. The number of halogens is 1. The molecule has 0 saturated carbocycles. The number of ether oxygens (including phenoxy) is 1. The molecule has 0 aliphatic rings. The molecule has 7 heteroatoms. The summed E-state index contributed by atoms with van der Waals surface area (Å²) in [7, 11) is 1.56. The van der Waals surface area contributed by atoms with Crippen LogP contribution in [0.1, 0.15) is 11.3 Å². The van der Waals surface area contributed by atoms with Gasteiger partial charge in [0.2, 0.25) is 0 Å². The molecular formula is C13H13ClN2O3S. The summed E-state index contributed by atoms with van der Waals surface area (Å²) in [5, 5.41) is 14.8. The molecule has 1 aromatic heterocycles. The highest BCUT2D eigenvalue weighted by molar-refractivity contribution is 7.13. The Morgan fingerprint density at radius 1 is 1.55 bits per heavy atom. The molecule has 2 N–H and O–H groups in total. The van der Waals surface area contributed by atoms with E-state index in [1.54, 1.807) is 18.6 Å². The van der Waals surface area contributed by atoms with Crippen molar-refractivity contribution in [3.05, 3.63) is 33.8 Å². The van der Waals surface area contributed by atoms with Crippen molar-refractivity contribution in [3.63, 3.8) is 0 Å². The Kier molecular flexibility index (Phi) is 4.46. The third-order valence-corrected chi connectivity index (χ3v) is 3.82. The summed E-state index contributed by atoms with van der Waals surface area (Å²) in [5.74, 6) is -0.294. The van der Waals surface area contributed by atoms with E-state index in [2.05, 4.69) is 10.3 Å². The zero-order valence-electron chi connectivity index (χ0n) is 10.9. The number of nitrogens with one attached hydrogen (secondary N) is 1. The van der Waals surface area contributed by atoms with E-state index in [0.29, 0.717) is 21.6 Å². The number of hydrogen-bond donors (Lipinski definition) is 2. The van der Waals surface area contributed by atoms with Crippen molar-refractivity contribution in [2.24, 2.45) is 0 Å². The van der Waals surface area contributed by atoms with E-state index in [9.17, 15) is 4.79 Å². The molecule has 1 heterocycles. The summed E-state index contributed by atoms with van der Waals surface area (Å²) in [4.78, 5) is 14.8. The number of carboxylic acid groups (broad SMARTS) is 1. The van der Waals surface area contributed by atoms with Crippen LogP contribution in [-0.2, 0) is 11.2 Å². The van der Waals surface area contributed by atoms with Gasteiger partial charge in [-0.3, -0.25) is 4.79 Å². The van der Waals surface area contributed by atoms with Crippen LogP contribution in [0.4, 0.5) is 10.8 Å². The van der Waals surface area contributed by atoms with Crippen LogP contribution < -0.4 is 10.1 Å². The largest absolute Gasteiger partial charge is 0.495 e. The van der Waals surface area contributed by atoms with Crippen LogP contribution in [0.3, 0.4) is 0 Å². The fourth-order valence-corrected chi connectivity index (χ4v) is 2.52. The zero-order valence-corrected chi connectivity index (χ0v) is 12.5. The maximum atomic E-state index is 10.6. The number of nitrogens with zero attached hydrogens (tertiary/aromatic N) is 1. The van der Waals surface area contributed by atoms with E-state index in [1.165, 1.54) is 11.3 Å². The minimum atomic E-state index is -0.901. The average Bonchev–Trinajstić information content (AvgIpc) is 2.80. The van der Waals surface area contributed by atoms with Crippen molar-refractivity contribution < 1.29 is 14.6 Å². The summed E-state index contributed by atoms with van der Waals surface area (Å²) < 4.78 is 5.26. The number of thiazole rings is 1. The molecule has 0 spiro atoms. The molecule has 0 atom stereocenters. The topological polar surface area (TPSA) is 71.5 Å². The van der Waals surface area contributed by atoms with Gasteiger partial charge >= 0.3 is 5.97 Å². The highest BCUT2D eigenvalue weighted by Crippen LogP contribution is 2.33. The second-order valence-electron chi connectivity index (χ2n) is 4.14. The standard InChI is InChI=1S/C13H13ClN2O3S/c1-7-3-10(11(19-2)5-9(7)14)16-13-15-8(6-20-13)4-12(17)18/h3,5-6H,4H2,1-2H3,(H,15,16)(H,17,18). The highest BCUT2D eigenvalue weighted by Gasteiger charge is 2.10. The number of aromatic nitrogens is 1.